The number of hydrogen-bond acceptors (Lipinski definition) is 3. The van der Waals surface area contributed by atoms with Gasteiger partial charge < -0.3 is 4.74 Å². The Bertz CT molecular complexity index is 254. The second-order valence-corrected chi connectivity index (χ2v) is 4.57. The highest BCUT2D eigenvalue weighted by Gasteiger charge is 2.26. The van der Waals surface area contributed by atoms with Gasteiger partial charge in [0.1, 0.15) is 6.10 Å². The molecular weight excluding hydrogens is 190 g/mol. The van der Waals surface area contributed by atoms with Gasteiger partial charge in [0, 0.05) is 19.1 Å². The normalized spacial score (nSPS) is 22.9. The van der Waals surface area contributed by atoms with Gasteiger partial charge in [-0.25, -0.2) is 0 Å². The summed E-state index contributed by atoms with van der Waals surface area (Å²) < 4.78 is 5.49. The second-order valence-electron chi connectivity index (χ2n) is 4.57. The van der Waals surface area contributed by atoms with E-state index in [-0.39, 0.29) is 11.9 Å². The van der Waals surface area contributed by atoms with Gasteiger partial charge >= 0.3 is 0 Å². The van der Waals surface area contributed by atoms with Crippen LogP contribution in [0.5, 0.6) is 0 Å². The average Bonchev–Trinajstić information content (AvgIpc) is 2.17. The summed E-state index contributed by atoms with van der Waals surface area (Å²) in [6.45, 7) is 10.5. The van der Waals surface area contributed by atoms with Crippen LogP contribution in [0.4, 0.5) is 0 Å². The molecule has 3 heteroatoms. The Morgan fingerprint density at radius 1 is 1.47 bits per heavy atom. The van der Waals surface area contributed by atoms with Crippen molar-refractivity contribution < 1.29 is 9.53 Å². The van der Waals surface area contributed by atoms with Gasteiger partial charge in [0.05, 0.1) is 6.61 Å². The van der Waals surface area contributed by atoms with E-state index >= 15 is 0 Å². The minimum absolute atomic E-state index is 0.0975. The topological polar surface area (TPSA) is 29.5 Å². The Morgan fingerprint density at radius 3 is 2.67 bits per heavy atom. The van der Waals surface area contributed by atoms with Crippen molar-refractivity contribution in [2.75, 3.05) is 19.7 Å². The summed E-state index contributed by atoms with van der Waals surface area (Å²) in [4.78, 5) is 14.0. The fraction of sp³-hybridized carbons (Fsp3) is 0.750. The number of ether oxygens (including phenoxy) is 1. The van der Waals surface area contributed by atoms with Crippen molar-refractivity contribution in [3.8, 4) is 0 Å². The van der Waals surface area contributed by atoms with E-state index in [9.17, 15) is 4.79 Å². The van der Waals surface area contributed by atoms with Crippen LogP contribution in [-0.4, -0.2) is 42.5 Å². The number of ketones is 1. The highest BCUT2D eigenvalue weighted by molar-refractivity contribution is 5.94. The third kappa shape index (κ3) is 3.76. The standard InChI is InChI=1S/C12H21NO2/c1-9(2)7-11(14)12-8-13(10(3)4)5-6-15-12/h7,10,12H,5-6,8H2,1-4H3. The molecule has 1 heterocycles. The Morgan fingerprint density at radius 2 is 2.13 bits per heavy atom. The monoisotopic (exact) mass is 211 g/mol. The first-order valence-electron chi connectivity index (χ1n) is 5.55. The molecule has 1 aliphatic heterocycles. The average molecular weight is 211 g/mol. The number of nitrogens with zero attached hydrogens (tertiary/aromatic N) is 1. The van der Waals surface area contributed by atoms with E-state index in [1.807, 2.05) is 13.8 Å². The van der Waals surface area contributed by atoms with Crippen molar-refractivity contribution in [2.24, 2.45) is 0 Å². The van der Waals surface area contributed by atoms with E-state index in [0.29, 0.717) is 12.6 Å². The van der Waals surface area contributed by atoms with Crippen LogP contribution >= 0.6 is 0 Å². The lowest BCUT2D eigenvalue weighted by Crippen LogP contribution is -2.48. The summed E-state index contributed by atoms with van der Waals surface area (Å²) in [5.74, 6) is 0.0975. The molecule has 0 amide bonds. The molecule has 0 aromatic rings. The molecule has 86 valence electrons. The Labute approximate surface area is 92.1 Å². The zero-order chi connectivity index (χ0) is 11.4. The fourth-order valence-corrected chi connectivity index (χ4v) is 1.69. The van der Waals surface area contributed by atoms with Crippen LogP contribution in [0.15, 0.2) is 11.6 Å². The first-order chi connectivity index (χ1) is 7.00. The van der Waals surface area contributed by atoms with Gasteiger partial charge in [-0.2, -0.15) is 0 Å². The summed E-state index contributed by atoms with van der Waals surface area (Å²) in [5, 5.41) is 0. The minimum atomic E-state index is -0.268. The molecular formula is C12H21NO2. The molecule has 1 atom stereocenters. The minimum Gasteiger partial charge on any atom is -0.367 e. The number of morpholine rings is 1. The predicted octanol–water partition coefficient (Wildman–Crippen LogP) is 1.63. The van der Waals surface area contributed by atoms with Crippen LogP contribution < -0.4 is 0 Å². The summed E-state index contributed by atoms with van der Waals surface area (Å²) >= 11 is 0. The SMILES string of the molecule is CC(C)=CC(=O)C1CN(C(C)C)CCO1. The Kier molecular flexibility index (Phi) is 4.48. The first kappa shape index (κ1) is 12.4. The lowest BCUT2D eigenvalue weighted by molar-refractivity contribution is -0.132. The summed E-state index contributed by atoms with van der Waals surface area (Å²) in [6.07, 6.45) is 1.41. The first-order valence-corrected chi connectivity index (χ1v) is 5.55. The van der Waals surface area contributed by atoms with Crippen molar-refractivity contribution in [3.63, 3.8) is 0 Å². The molecule has 0 radical (unpaired) electrons. The molecule has 0 bridgehead atoms. The van der Waals surface area contributed by atoms with Crippen molar-refractivity contribution in [3.05, 3.63) is 11.6 Å². The number of hydrogen-bond donors (Lipinski definition) is 0. The molecule has 0 aromatic carbocycles. The lowest BCUT2D eigenvalue weighted by atomic mass is 10.1. The lowest BCUT2D eigenvalue weighted by Gasteiger charge is -2.34. The van der Waals surface area contributed by atoms with Crippen molar-refractivity contribution in [2.45, 2.75) is 39.8 Å². The van der Waals surface area contributed by atoms with Crippen LogP contribution in [0.1, 0.15) is 27.7 Å². The maximum absolute atomic E-state index is 11.7. The largest absolute Gasteiger partial charge is 0.367 e. The molecule has 0 saturated carbocycles. The molecule has 1 unspecified atom stereocenters. The van der Waals surface area contributed by atoms with E-state index in [2.05, 4.69) is 18.7 Å². The maximum atomic E-state index is 11.7. The summed E-state index contributed by atoms with van der Waals surface area (Å²) in [7, 11) is 0. The molecule has 15 heavy (non-hydrogen) atoms. The van der Waals surface area contributed by atoms with Gasteiger partial charge in [0.2, 0.25) is 0 Å². The molecule has 0 N–H and O–H groups in total. The van der Waals surface area contributed by atoms with Gasteiger partial charge in [0.15, 0.2) is 5.78 Å². The van der Waals surface area contributed by atoms with Gasteiger partial charge in [-0.1, -0.05) is 5.57 Å². The van der Waals surface area contributed by atoms with Crippen LogP contribution in [0.2, 0.25) is 0 Å². The van der Waals surface area contributed by atoms with E-state index < -0.39 is 0 Å². The molecule has 0 aliphatic carbocycles. The molecule has 1 rings (SSSR count). The second kappa shape index (κ2) is 5.42. The third-order valence-corrected chi connectivity index (χ3v) is 2.58. The molecule has 1 aliphatic rings. The number of carbonyl (C=O) groups excluding carboxylic acids is 1. The van der Waals surface area contributed by atoms with E-state index in [4.69, 9.17) is 4.74 Å². The van der Waals surface area contributed by atoms with E-state index in [0.717, 1.165) is 18.7 Å². The third-order valence-electron chi connectivity index (χ3n) is 2.58. The quantitative estimate of drug-likeness (QED) is 0.664. The van der Waals surface area contributed by atoms with Crippen LogP contribution in [-0.2, 0) is 9.53 Å². The zero-order valence-electron chi connectivity index (χ0n) is 10.1. The fourth-order valence-electron chi connectivity index (χ4n) is 1.69. The number of carbonyl (C=O) groups is 1. The van der Waals surface area contributed by atoms with Crippen molar-refractivity contribution >= 4 is 5.78 Å². The highest BCUT2D eigenvalue weighted by atomic mass is 16.5. The van der Waals surface area contributed by atoms with E-state index in [1.54, 1.807) is 6.08 Å². The summed E-state index contributed by atoms with van der Waals surface area (Å²) in [6, 6.07) is 0.482. The van der Waals surface area contributed by atoms with Gasteiger partial charge in [-0.15, -0.1) is 0 Å². The Hall–Kier alpha value is -0.670. The molecule has 0 spiro atoms. The van der Waals surface area contributed by atoms with Gasteiger partial charge in [-0.3, -0.25) is 9.69 Å². The molecule has 0 aromatic heterocycles. The van der Waals surface area contributed by atoms with Gasteiger partial charge in [0.25, 0.3) is 0 Å². The molecule has 3 nitrogen and oxygen atoms in total. The van der Waals surface area contributed by atoms with Crippen molar-refractivity contribution in [1.82, 2.24) is 4.90 Å². The number of allylic oxidation sites excluding steroid dienone is 1. The Balaban J connectivity index is 2.56. The molecule has 1 fully saturated rings. The highest BCUT2D eigenvalue weighted by Crippen LogP contribution is 2.10. The summed E-state index contributed by atoms with van der Waals surface area (Å²) in [5.41, 5.74) is 1.03. The maximum Gasteiger partial charge on any atom is 0.185 e. The molecule has 1 saturated heterocycles. The van der Waals surface area contributed by atoms with Crippen LogP contribution in [0.3, 0.4) is 0 Å². The predicted molar refractivity (Wildman–Crippen MR) is 60.9 cm³/mol. The van der Waals surface area contributed by atoms with E-state index in [1.165, 1.54) is 0 Å². The smallest absolute Gasteiger partial charge is 0.185 e. The van der Waals surface area contributed by atoms with Crippen LogP contribution in [0, 0.1) is 0 Å². The number of rotatable bonds is 3. The zero-order valence-corrected chi connectivity index (χ0v) is 10.1. The van der Waals surface area contributed by atoms with Crippen molar-refractivity contribution in [1.29, 1.82) is 0 Å². The van der Waals surface area contributed by atoms with Crippen LogP contribution in [0.25, 0.3) is 0 Å². The van der Waals surface area contributed by atoms with Gasteiger partial charge in [-0.05, 0) is 33.8 Å².